The van der Waals surface area contributed by atoms with E-state index in [4.69, 9.17) is 9.05 Å². The molecular weight excluding hydrogens is 635 g/mol. The Kier molecular flexibility index (Phi) is 31.8. The van der Waals surface area contributed by atoms with E-state index in [1.165, 1.54) is 70.6 Å². The summed E-state index contributed by atoms with van der Waals surface area (Å²) < 4.78 is 23.5. The summed E-state index contributed by atoms with van der Waals surface area (Å²) in [7, 11) is 1.60. The number of nitrogens with one attached hydrogen (secondary N) is 1. The molecule has 0 rings (SSSR count). The average molecular weight is 714 g/mol. The summed E-state index contributed by atoms with van der Waals surface area (Å²) in [6, 6.07) is -0.762. The van der Waals surface area contributed by atoms with E-state index in [1.807, 2.05) is 21.1 Å². The molecule has 9 heteroatoms. The Balaban J connectivity index is 4.41. The van der Waals surface area contributed by atoms with E-state index in [2.05, 4.69) is 55.6 Å². The molecule has 0 saturated heterocycles. The van der Waals surface area contributed by atoms with E-state index < -0.39 is 20.0 Å². The number of carbonyl (C=O) groups excluding carboxylic acids is 1. The van der Waals surface area contributed by atoms with Crippen LogP contribution in [0.4, 0.5) is 0 Å². The molecular formula is C40H78N2O6P+. The SMILES string of the molecule is CC/C=C\C/C=C\C/C=C\CCCCCCCCCC(=O)NC(COP(=O)(O)OCC[N+](C)(C)C)C(O)CCCCCCCCCCCC. The van der Waals surface area contributed by atoms with Gasteiger partial charge >= 0.3 is 7.82 Å². The van der Waals surface area contributed by atoms with Crippen molar-refractivity contribution in [3.8, 4) is 0 Å². The highest BCUT2D eigenvalue weighted by atomic mass is 31.2. The van der Waals surface area contributed by atoms with Gasteiger partial charge in [-0.1, -0.05) is 147 Å². The standard InChI is InChI=1S/C40H77N2O6P/c1-6-8-10-12-14-16-18-19-20-21-22-23-24-26-28-30-32-34-40(44)41-38(37-48-49(45,46)47-36-35-42(3,4)5)39(43)33-31-29-27-25-17-15-13-11-9-7-2/h8,10,14,16,19-20,38-39,43H,6-7,9,11-13,15,17-18,21-37H2,1-5H3,(H-,41,44,45,46)/p+1/b10-8-,16-14-,20-19-. The first kappa shape index (κ1) is 47.7. The second-order valence-electron chi connectivity index (χ2n) is 14.6. The lowest BCUT2D eigenvalue weighted by Gasteiger charge is -2.26. The summed E-state index contributed by atoms with van der Waals surface area (Å²) in [6.45, 7) is 4.73. The van der Waals surface area contributed by atoms with Crippen LogP contribution in [0.3, 0.4) is 0 Å². The second-order valence-corrected chi connectivity index (χ2v) is 16.1. The second kappa shape index (κ2) is 32.6. The highest BCUT2D eigenvalue weighted by Gasteiger charge is 2.28. The van der Waals surface area contributed by atoms with Crippen molar-refractivity contribution >= 4 is 13.7 Å². The van der Waals surface area contributed by atoms with Gasteiger partial charge in [-0.15, -0.1) is 0 Å². The van der Waals surface area contributed by atoms with Crippen molar-refractivity contribution in [3.63, 3.8) is 0 Å². The van der Waals surface area contributed by atoms with Gasteiger partial charge in [0.1, 0.15) is 13.2 Å². The monoisotopic (exact) mass is 714 g/mol. The summed E-state index contributed by atoms with van der Waals surface area (Å²) in [5.41, 5.74) is 0. The lowest BCUT2D eigenvalue weighted by atomic mass is 10.0. The molecule has 0 radical (unpaired) electrons. The Morgan fingerprint density at radius 2 is 1.22 bits per heavy atom. The molecule has 0 fully saturated rings. The zero-order valence-corrected chi connectivity index (χ0v) is 33.3. The van der Waals surface area contributed by atoms with Gasteiger partial charge in [0, 0.05) is 6.42 Å². The molecule has 3 atom stereocenters. The number of amides is 1. The van der Waals surface area contributed by atoms with Gasteiger partial charge < -0.3 is 19.8 Å². The number of quaternary nitrogens is 1. The van der Waals surface area contributed by atoms with Crippen molar-refractivity contribution in [1.82, 2.24) is 5.32 Å². The predicted octanol–water partition coefficient (Wildman–Crippen LogP) is 10.4. The van der Waals surface area contributed by atoms with Crippen molar-refractivity contribution < 1.29 is 32.9 Å². The third-order valence-electron chi connectivity index (χ3n) is 8.65. The Bertz CT molecular complexity index is 902. The van der Waals surface area contributed by atoms with E-state index in [9.17, 15) is 19.4 Å². The van der Waals surface area contributed by atoms with Gasteiger partial charge in [-0.3, -0.25) is 13.8 Å². The van der Waals surface area contributed by atoms with Gasteiger partial charge in [-0.25, -0.2) is 4.57 Å². The first-order chi connectivity index (χ1) is 23.5. The third kappa shape index (κ3) is 34.9. The fourth-order valence-corrected chi connectivity index (χ4v) is 6.21. The molecule has 0 aromatic heterocycles. The maximum atomic E-state index is 12.8. The van der Waals surface area contributed by atoms with Gasteiger partial charge in [0.25, 0.3) is 0 Å². The largest absolute Gasteiger partial charge is 0.472 e. The molecule has 0 aromatic rings. The smallest absolute Gasteiger partial charge is 0.391 e. The van der Waals surface area contributed by atoms with Crippen molar-refractivity contribution in [2.75, 3.05) is 40.9 Å². The highest BCUT2D eigenvalue weighted by molar-refractivity contribution is 7.47. The summed E-state index contributed by atoms with van der Waals surface area (Å²) in [5.74, 6) is -0.159. The molecule has 49 heavy (non-hydrogen) atoms. The Hall–Kier alpha value is -1.28. The fraction of sp³-hybridized carbons (Fsp3) is 0.825. The van der Waals surface area contributed by atoms with Gasteiger partial charge in [-0.2, -0.15) is 0 Å². The van der Waals surface area contributed by atoms with Crippen LogP contribution in [-0.2, 0) is 18.4 Å². The molecule has 3 unspecified atom stereocenters. The lowest BCUT2D eigenvalue weighted by Crippen LogP contribution is -2.46. The predicted molar refractivity (Wildman–Crippen MR) is 208 cm³/mol. The molecule has 0 spiro atoms. The number of likely N-dealkylation sites (N-methyl/N-ethyl adjacent to an activating group) is 1. The van der Waals surface area contributed by atoms with Gasteiger partial charge in [0.05, 0.1) is 39.9 Å². The molecule has 0 aliphatic heterocycles. The maximum absolute atomic E-state index is 12.8. The number of aliphatic hydroxyl groups is 1. The number of unbranched alkanes of at least 4 members (excludes halogenated alkanes) is 16. The molecule has 288 valence electrons. The van der Waals surface area contributed by atoms with Crippen LogP contribution < -0.4 is 5.32 Å². The summed E-state index contributed by atoms with van der Waals surface area (Å²) in [5, 5.41) is 13.9. The third-order valence-corrected chi connectivity index (χ3v) is 9.64. The number of allylic oxidation sites excluding steroid dienone is 6. The maximum Gasteiger partial charge on any atom is 0.472 e. The average Bonchev–Trinajstić information content (AvgIpc) is 3.04. The van der Waals surface area contributed by atoms with E-state index in [0.29, 0.717) is 23.9 Å². The molecule has 0 aromatic carbocycles. The highest BCUT2D eigenvalue weighted by Crippen LogP contribution is 2.43. The zero-order chi connectivity index (χ0) is 36.5. The van der Waals surface area contributed by atoms with E-state index in [0.717, 1.165) is 64.2 Å². The van der Waals surface area contributed by atoms with Crippen LogP contribution in [0, 0.1) is 0 Å². The van der Waals surface area contributed by atoms with Crippen molar-refractivity contribution in [3.05, 3.63) is 36.5 Å². The quantitative estimate of drug-likeness (QED) is 0.0261. The number of carbonyl (C=O) groups is 1. The van der Waals surface area contributed by atoms with Crippen LogP contribution in [0.1, 0.15) is 162 Å². The van der Waals surface area contributed by atoms with Crippen LogP contribution in [0.25, 0.3) is 0 Å². The minimum Gasteiger partial charge on any atom is -0.391 e. The van der Waals surface area contributed by atoms with Gasteiger partial charge in [0.15, 0.2) is 0 Å². The zero-order valence-electron chi connectivity index (χ0n) is 32.4. The molecule has 0 saturated carbocycles. The first-order valence-electron chi connectivity index (χ1n) is 19.9. The topological polar surface area (TPSA) is 105 Å². The van der Waals surface area contributed by atoms with E-state index >= 15 is 0 Å². The minimum atomic E-state index is -4.31. The Morgan fingerprint density at radius 1 is 0.714 bits per heavy atom. The normalized spacial score (nSPS) is 15.0. The molecule has 3 N–H and O–H groups in total. The van der Waals surface area contributed by atoms with Crippen LogP contribution in [0.5, 0.6) is 0 Å². The summed E-state index contributed by atoms with van der Waals surface area (Å²) in [4.78, 5) is 23.0. The van der Waals surface area contributed by atoms with E-state index in [1.54, 1.807) is 0 Å². The number of aliphatic hydroxyl groups excluding tert-OH is 1. The number of phosphoric acid groups is 1. The Labute approximate surface area is 302 Å². The van der Waals surface area contributed by atoms with Crippen molar-refractivity contribution in [1.29, 1.82) is 0 Å². The molecule has 0 bridgehead atoms. The number of phosphoric ester groups is 1. The molecule has 1 amide bonds. The number of hydrogen-bond donors (Lipinski definition) is 3. The van der Waals surface area contributed by atoms with Gasteiger partial charge in [0.2, 0.25) is 5.91 Å². The number of rotatable bonds is 35. The lowest BCUT2D eigenvalue weighted by molar-refractivity contribution is -0.870. The van der Waals surface area contributed by atoms with Crippen molar-refractivity contribution in [2.24, 2.45) is 0 Å². The van der Waals surface area contributed by atoms with Crippen LogP contribution >= 0.6 is 7.82 Å². The minimum absolute atomic E-state index is 0.0714. The Morgan fingerprint density at radius 3 is 1.80 bits per heavy atom. The molecule has 8 nitrogen and oxygen atoms in total. The van der Waals surface area contributed by atoms with E-state index in [-0.39, 0.29) is 19.1 Å². The first-order valence-corrected chi connectivity index (χ1v) is 21.3. The molecule has 0 heterocycles. The molecule has 0 aliphatic carbocycles. The molecule has 0 aliphatic rings. The van der Waals surface area contributed by atoms with Crippen LogP contribution in [0.2, 0.25) is 0 Å². The number of hydrogen-bond acceptors (Lipinski definition) is 5. The fourth-order valence-electron chi connectivity index (χ4n) is 5.47. The summed E-state index contributed by atoms with van der Waals surface area (Å²) >= 11 is 0. The van der Waals surface area contributed by atoms with Gasteiger partial charge in [-0.05, 0) is 44.9 Å². The van der Waals surface area contributed by atoms with Crippen LogP contribution in [-0.4, -0.2) is 73.4 Å². The van der Waals surface area contributed by atoms with Crippen LogP contribution in [0.15, 0.2) is 36.5 Å². The number of nitrogens with zero attached hydrogens (tertiary/aromatic N) is 1. The van der Waals surface area contributed by atoms with Crippen molar-refractivity contribution in [2.45, 2.75) is 174 Å². The summed E-state index contributed by atoms with van der Waals surface area (Å²) in [6.07, 6.45) is 37.4.